The molecule has 0 saturated carbocycles. The van der Waals surface area contributed by atoms with Crippen molar-refractivity contribution in [1.29, 1.82) is 0 Å². The molecule has 2 rings (SSSR count). The zero-order chi connectivity index (χ0) is 13.1. The van der Waals surface area contributed by atoms with Gasteiger partial charge in [-0.05, 0) is 49.4 Å². The Kier molecular flexibility index (Phi) is 3.28. The molecule has 0 saturated heterocycles. The summed E-state index contributed by atoms with van der Waals surface area (Å²) in [7, 11) is 0. The fraction of sp³-hybridized carbons (Fsp3) is 0.0714. The highest BCUT2D eigenvalue weighted by Gasteiger charge is 2.03. The third-order valence-corrected chi connectivity index (χ3v) is 2.59. The molecule has 92 valence electrons. The summed E-state index contributed by atoms with van der Waals surface area (Å²) < 4.78 is 13.1. The van der Waals surface area contributed by atoms with Gasteiger partial charge in [-0.1, -0.05) is 0 Å². The van der Waals surface area contributed by atoms with E-state index >= 15 is 0 Å². The number of Topliss-reactive ketones (excluding diaryl/α,β-unsaturated/α-hetero) is 1. The Morgan fingerprint density at radius 3 is 2.44 bits per heavy atom. The third-order valence-electron chi connectivity index (χ3n) is 2.59. The van der Waals surface area contributed by atoms with Gasteiger partial charge in [0.25, 0.3) is 0 Å². The molecular weight excluding hydrogens is 231 g/mol. The number of carbonyl (C=O) groups excluding carboxylic acids is 1. The lowest BCUT2D eigenvalue weighted by Crippen LogP contribution is -1.98. The second-order valence-corrected chi connectivity index (χ2v) is 3.99. The minimum atomic E-state index is -0.355. The number of hydrogen-bond acceptors (Lipinski definition) is 3. The number of carbonyl (C=O) groups is 1. The molecule has 0 radical (unpaired) electrons. The molecule has 0 unspecified atom stereocenters. The monoisotopic (exact) mass is 244 g/mol. The van der Waals surface area contributed by atoms with Crippen LogP contribution in [0.25, 0.3) is 0 Å². The molecule has 2 aromatic carbocycles. The number of benzene rings is 2. The van der Waals surface area contributed by atoms with Crippen molar-refractivity contribution in [1.82, 2.24) is 0 Å². The van der Waals surface area contributed by atoms with Crippen LogP contribution in [-0.2, 0) is 0 Å². The average Bonchev–Trinajstić information content (AvgIpc) is 2.34. The van der Waals surface area contributed by atoms with Crippen LogP contribution in [0.15, 0.2) is 42.5 Å². The number of nitrogen functional groups attached to an aromatic ring is 1. The number of hydrogen-bond donors (Lipinski definition) is 2. The number of ketones is 1. The highest BCUT2D eigenvalue weighted by Crippen LogP contribution is 2.24. The first-order valence-electron chi connectivity index (χ1n) is 5.49. The zero-order valence-electron chi connectivity index (χ0n) is 9.91. The van der Waals surface area contributed by atoms with Gasteiger partial charge in [0, 0.05) is 11.3 Å². The van der Waals surface area contributed by atoms with Gasteiger partial charge >= 0.3 is 0 Å². The molecule has 4 heteroatoms. The van der Waals surface area contributed by atoms with E-state index in [4.69, 9.17) is 5.73 Å². The van der Waals surface area contributed by atoms with Crippen LogP contribution in [0.4, 0.5) is 21.5 Å². The first-order chi connectivity index (χ1) is 8.56. The van der Waals surface area contributed by atoms with Gasteiger partial charge in [0.05, 0.1) is 11.4 Å². The quantitative estimate of drug-likeness (QED) is 0.643. The van der Waals surface area contributed by atoms with E-state index in [9.17, 15) is 9.18 Å². The van der Waals surface area contributed by atoms with Gasteiger partial charge < -0.3 is 11.1 Å². The molecule has 0 heterocycles. The number of anilines is 3. The Bertz CT molecular complexity index is 579. The number of halogens is 1. The molecular formula is C14H13FN2O. The van der Waals surface area contributed by atoms with Crippen molar-refractivity contribution in [3.8, 4) is 0 Å². The van der Waals surface area contributed by atoms with Crippen LogP contribution < -0.4 is 11.1 Å². The maximum atomic E-state index is 13.1. The van der Waals surface area contributed by atoms with Crippen LogP contribution in [-0.4, -0.2) is 5.78 Å². The summed E-state index contributed by atoms with van der Waals surface area (Å²) in [4.78, 5) is 11.1. The van der Waals surface area contributed by atoms with Crippen molar-refractivity contribution < 1.29 is 9.18 Å². The molecule has 0 fully saturated rings. The van der Waals surface area contributed by atoms with Crippen molar-refractivity contribution in [3.63, 3.8) is 0 Å². The van der Waals surface area contributed by atoms with Crippen molar-refractivity contribution in [3.05, 3.63) is 53.8 Å². The van der Waals surface area contributed by atoms with Crippen LogP contribution in [0, 0.1) is 5.82 Å². The normalized spacial score (nSPS) is 10.1. The van der Waals surface area contributed by atoms with Gasteiger partial charge in [-0.2, -0.15) is 0 Å². The Hall–Kier alpha value is -2.36. The van der Waals surface area contributed by atoms with E-state index in [2.05, 4.69) is 5.32 Å². The first-order valence-corrected chi connectivity index (χ1v) is 5.49. The van der Waals surface area contributed by atoms with Crippen molar-refractivity contribution in [2.24, 2.45) is 0 Å². The predicted octanol–water partition coefficient (Wildman–Crippen LogP) is 3.35. The smallest absolute Gasteiger partial charge is 0.159 e. The summed E-state index contributed by atoms with van der Waals surface area (Å²) in [5, 5.41) is 3.00. The molecule has 0 amide bonds. The molecule has 0 bridgehead atoms. The van der Waals surface area contributed by atoms with E-state index in [0.717, 1.165) is 5.69 Å². The molecule has 18 heavy (non-hydrogen) atoms. The molecule has 0 spiro atoms. The van der Waals surface area contributed by atoms with E-state index in [-0.39, 0.29) is 11.6 Å². The zero-order valence-corrected chi connectivity index (χ0v) is 9.91. The van der Waals surface area contributed by atoms with Crippen molar-refractivity contribution in [2.45, 2.75) is 6.92 Å². The number of rotatable bonds is 3. The largest absolute Gasteiger partial charge is 0.397 e. The first kappa shape index (κ1) is 12.1. The van der Waals surface area contributed by atoms with E-state index in [1.54, 1.807) is 24.3 Å². The number of nitrogens with one attached hydrogen (secondary N) is 1. The molecule has 3 N–H and O–H groups in total. The molecule has 3 nitrogen and oxygen atoms in total. The van der Waals surface area contributed by atoms with Crippen molar-refractivity contribution in [2.75, 3.05) is 11.1 Å². The molecule has 0 atom stereocenters. The molecule has 2 aromatic rings. The van der Waals surface area contributed by atoms with Gasteiger partial charge in [0.2, 0.25) is 0 Å². The minimum absolute atomic E-state index is 0.00631. The van der Waals surface area contributed by atoms with Crippen LogP contribution >= 0.6 is 0 Å². The highest BCUT2D eigenvalue weighted by atomic mass is 19.1. The Morgan fingerprint density at radius 2 is 1.83 bits per heavy atom. The maximum Gasteiger partial charge on any atom is 0.159 e. The van der Waals surface area contributed by atoms with Gasteiger partial charge in [-0.25, -0.2) is 4.39 Å². The van der Waals surface area contributed by atoms with Gasteiger partial charge in [-0.3, -0.25) is 4.79 Å². The number of nitrogens with two attached hydrogens (primary N) is 1. The Balaban J connectivity index is 2.23. The van der Waals surface area contributed by atoms with Crippen LogP contribution in [0.1, 0.15) is 17.3 Å². The molecule has 0 aliphatic heterocycles. The lowest BCUT2D eigenvalue weighted by Gasteiger charge is -2.09. The second-order valence-electron chi connectivity index (χ2n) is 3.99. The summed E-state index contributed by atoms with van der Waals surface area (Å²) in [6.45, 7) is 1.51. The van der Waals surface area contributed by atoms with Gasteiger partial charge in [0.15, 0.2) is 5.78 Å². The van der Waals surface area contributed by atoms with Gasteiger partial charge in [-0.15, -0.1) is 0 Å². The molecule has 0 aliphatic carbocycles. The van der Waals surface area contributed by atoms with Crippen LogP contribution in [0.2, 0.25) is 0 Å². The maximum absolute atomic E-state index is 13.1. The fourth-order valence-electron chi connectivity index (χ4n) is 1.58. The summed E-state index contributed by atoms with van der Waals surface area (Å²) in [6.07, 6.45) is 0. The van der Waals surface area contributed by atoms with E-state index < -0.39 is 0 Å². The predicted molar refractivity (Wildman–Crippen MR) is 70.5 cm³/mol. The topological polar surface area (TPSA) is 55.1 Å². The summed E-state index contributed by atoms with van der Waals surface area (Å²) in [5.74, 6) is -0.348. The second kappa shape index (κ2) is 4.87. The van der Waals surface area contributed by atoms with Gasteiger partial charge in [0.1, 0.15) is 5.82 Å². The van der Waals surface area contributed by atoms with Crippen LogP contribution in [0.5, 0.6) is 0 Å². The van der Waals surface area contributed by atoms with E-state index in [0.29, 0.717) is 16.9 Å². The fourth-order valence-corrected chi connectivity index (χ4v) is 1.58. The summed E-state index contributed by atoms with van der Waals surface area (Å²) in [5.41, 5.74) is 8.08. The summed E-state index contributed by atoms with van der Waals surface area (Å²) >= 11 is 0. The Morgan fingerprint density at radius 1 is 1.17 bits per heavy atom. The van der Waals surface area contributed by atoms with Crippen molar-refractivity contribution >= 4 is 22.8 Å². The van der Waals surface area contributed by atoms with E-state index in [1.165, 1.54) is 25.1 Å². The summed E-state index contributed by atoms with van der Waals surface area (Å²) in [6, 6.07) is 11.1. The minimum Gasteiger partial charge on any atom is -0.397 e. The Labute approximate surface area is 104 Å². The van der Waals surface area contributed by atoms with Crippen LogP contribution in [0.3, 0.4) is 0 Å². The molecule has 0 aromatic heterocycles. The third kappa shape index (κ3) is 2.66. The van der Waals surface area contributed by atoms with E-state index in [1.807, 2.05) is 0 Å². The SMILES string of the molecule is CC(=O)c1ccc(Nc2cc(F)ccc2N)cc1. The standard InChI is InChI=1S/C14H13FN2O/c1-9(18)10-2-5-12(6-3-10)17-14-8-11(15)4-7-13(14)16/h2-8,17H,16H2,1H3. The molecule has 0 aliphatic rings. The lowest BCUT2D eigenvalue weighted by atomic mass is 10.1. The highest BCUT2D eigenvalue weighted by molar-refractivity contribution is 5.94. The average molecular weight is 244 g/mol. The lowest BCUT2D eigenvalue weighted by molar-refractivity contribution is 0.101.